The van der Waals surface area contributed by atoms with Gasteiger partial charge in [0, 0.05) is 39.4 Å². The Kier molecular flexibility index (Phi) is 9.72. The number of anilines is 3. The summed E-state index contributed by atoms with van der Waals surface area (Å²) in [5.41, 5.74) is 22.3. The predicted molar refractivity (Wildman–Crippen MR) is 277 cm³/mol. The molecule has 1 aromatic heterocycles. The molecule has 0 amide bonds. The molecule has 0 aliphatic heterocycles. The van der Waals surface area contributed by atoms with Gasteiger partial charge in [0.2, 0.25) is 0 Å². The van der Waals surface area contributed by atoms with Gasteiger partial charge in [-0.1, -0.05) is 169 Å². The molecule has 2 aliphatic rings. The first-order valence-corrected chi connectivity index (χ1v) is 23.0. The number of aromatic nitrogens is 1. The Hall–Kier alpha value is -7.94. The molecule has 0 bridgehead atoms. The van der Waals surface area contributed by atoms with E-state index in [1.165, 1.54) is 99.8 Å². The predicted octanol–water partition coefficient (Wildman–Crippen LogP) is 17.1. The lowest BCUT2D eigenvalue weighted by atomic mass is 9.91. The van der Waals surface area contributed by atoms with Crippen molar-refractivity contribution in [2.45, 2.75) is 32.6 Å². The highest BCUT2D eigenvalue weighted by Crippen LogP contribution is 2.43. The molecule has 0 fully saturated rings. The molecule has 65 heavy (non-hydrogen) atoms. The number of hydrogen-bond donors (Lipinski definition) is 0. The Morgan fingerprint density at radius 2 is 1.08 bits per heavy atom. The maximum absolute atomic E-state index is 2.49. The molecular formula is C63H48N2. The molecule has 2 aliphatic carbocycles. The standard InChI is InChI=1S/C63H48N2/c1-43-24-34-54(35-25-43)65-61-22-8-7-20-60(61)63-59(21-11-23-62(63)65)51-17-9-15-49(40-51)50-16-10-18-55(41-50)64(56-38-39-58-52(42-56)31-30-48-14-5-6-19-57(48)58)53-36-32-47(33-37-53)46-28-26-45(27-29-46)44-12-3-2-4-13-44/h2-5,7,9-18,20-21,23-42H,6,8,19,22H2,1H3. The minimum absolute atomic E-state index is 1.03. The van der Waals surface area contributed by atoms with Gasteiger partial charge >= 0.3 is 0 Å². The Morgan fingerprint density at radius 3 is 1.88 bits per heavy atom. The van der Waals surface area contributed by atoms with Crippen LogP contribution in [0, 0.1) is 6.92 Å². The SMILES string of the molecule is Cc1ccc(-n2c3c(c4c(-c5cccc(-c6cccc(N(c7ccc(-c8ccc(-c9ccccc9)cc8)cc7)c7ccc8c9c(ccc8c7)C=CCC9)c6)c5)cccc42)C=CCC3)cc1. The summed E-state index contributed by atoms with van der Waals surface area (Å²) in [4.78, 5) is 2.42. The van der Waals surface area contributed by atoms with E-state index in [0.29, 0.717) is 0 Å². The first kappa shape index (κ1) is 38.7. The highest BCUT2D eigenvalue weighted by molar-refractivity contribution is 6.04. The molecule has 0 saturated heterocycles. The van der Waals surface area contributed by atoms with Crippen molar-refractivity contribution in [3.8, 4) is 50.2 Å². The van der Waals surface area contributed by atoms with Crippen molar-refractivity contribution in [3.05, 3.63) is 240 Å². The largest absolute Gasteiger partial charge is 0.313 e. The van der Waals surface area contributed by atoms with Gasteiger partial charge in [0.25, 0.3) is 0 Å². The van der Waals surface area contributed by atoms with Gasteiger partial charge in [0.15, 0.2) is 0 Å². The number of aryl methyl sites for hydroxylation is 2. The second kappa shape index (κ2) is 16.3. The molecule has 0 atom stereocenters. The molecule has 2 heteroatoms. The topological polar surface area (TPSA) is 8.17 Å². The zero-order valence-corrected chi connectivity index (χ0v) is 36.6. The van der Waals surface area contributed by atoms with Gasteiger partial charge < -0.3 is 9.47 Å². The second-order valence-electron chi connectivity index (χ2n) is 17.6. The van der Waals surface area contributed by atoms with Crippen molar-refractivity contribution in [2.75, 3.05) is 4.90 Å². The van der Waals surface area contributed by atoms with E-state index in [1.807, 2.05) is 0 Å². The summed E-state index contributed by atoms with van der Waals surface area (Å²) in [6, 6.07) is 74.2. The van der Waals surface area contributed by atoms with E-state index in [9.17, 15) is 0 Å². The molecule has 0 N–H and O–H groups in total. The maximum atomic E-state index is 2.49. The summed E-state index contributed by atoms with van der Waals surface area (Å²) < 4.78 is 2.49. The van der Waals surface area contributed by atoms with Gasteiger partial charge in [-0.3, -0.25) is 0 Å². The van der Waals surface area contributed by atoms with Gasteiger partial charge in [-0.2, -0.15) is 0 Å². The molecular weight excluding hydrogens is 785 g/mol. The molecule has 0 spiro atoms. The molecule has 0 saturated carbocycles. The summed E-state index contributed by atoms with van der Waals surface area (Å²) >= 11 is 0. The molecule has 2 nitrogen and oxygen atoms in total. The average molecular weight is 833 g/mol. The zero-order chi connectivity index (χ0) is 43.3. The lowest BCUT2D eigenvalue weighted by Crippen LogP contribution is -2.10. The fourth-order valence-corrected chi connectivity index (χ4v) is 10.3. The minimum Gasteiger partial charge on any atom is -0.313 e. The van der Waals surface area contributed by atoms with Gasteiger partial charge in [0.1, 0.15) is 0 Å². The Balaban J connectivity index is 0.941. The maximum Gasteiger partial charge on any atom is 0.0543 e. The molecule has 1 heterocycles. The zero-order valence-electron chi connectivity index (χ0n) is 36.6. The highest BCUT2D eigenvalue weighted by atomic mass is 15.1. The number of benzene rings is 9. The van der Waals surface area contributed by atoms with E-state index in [1.54, 1.807) is 0 Å². The molecule has 0 unspecified atom stereocenters. The van der Waals surface area contributed by atoms with Crippen LogP contribution in [0.15, 0.2) is 212 Å². The Morgan fingerprint density at radius 1 is 0.446 bits per heavy atom. The summed E-state index contributed by atoms with van der Waals surface area (Å²) in [5, 5.41) is 3.93. The van der Waals surface area contributed by atoms with Crippen LogP contribution in [0.2, 0.25) is 0 Å². The van der Waals surface area contributed by atoms with Gasteiger partial charge in [-0.25, -0.2) is 0 Å². The normalized spacial score (nSPS) is 12.9. The highest BCUT2D eigenvalue weighted by Gasteiger charge is 2.22. The number of rotatable bonds is 8. The summed E-state index contributed by atoms with van der Waals surface area (Å²) in [6.07, 6.45) is 13.5. The van der Waals surface area contributed by atoms with E-state index in [0.717, 1.165) is 42.7 Å². The van der Waals surface area contributed by atoms with Crippen LogP contribution in [0.4, 0.5) is 17.1 Å². The van der Waals surface area contributed by atoms with Crippen molar-refractivity contribution in [1.82, 2.24) is 4.57 Å². The van der Waals surface area contributed by atoms with Crippen LogP contribution >= 0.6 is 0 Å². The number of allylic oxidation sites excluding steroid dienone is 2. The van der Waals surface area contributed by atoms with Crippen molar-refractivity contribution in [1.29, 1.82) is 0 Å². The van der Waals surface area contributed by atoms with Crippen LogP contribution in [0.5, 0.6) is 0 Å². The first-order valence-electron chi connectivity index (χ1n) is 23.0. The van der Waals surface area contributed by atoms with Crippen LogP contribution in [0.25, 0.3) is 84.0 Å². The Labute approximate surface area is 381 Å². The molecule has 9 aromatic carbocycles. The van der Waals surface area contributed by atoms with E-state index < -0.39 is 0 Å². The lowest BCUT2D eigenvalue weighted by Gasteiger charge is -2.27. The summed E-state index contributed by atoms with van der Waals surface area (Å²) in [7, 11) is 0. The molecule has 310 valence electrons. The van der Waals surface area contributed by atoms with Crippen LogP contribution in [0.1, 0.15) is 40.8 Å². The Bertz CT molecular complexity index is 3460. The van der Waals surface area contributed by atoms with Crippen molar-refractivity contribution in [2.24, 2.45) is 0 Å². The van der Waals surface area contributed by atoms with Gasteiger partial charge in [0.05, 0.1) is 5.52 Å². The third kappa shape index (κ3) is 7.09. The van der Waals surface area contributed by atoms with Crippen molar-refractivity contribution < 1.29 is 0 Å². The molecule has 0 radical (unpaired) electrons. The number of fused-ring (bicyclic) bond motifs is 6. The summed E-state index contributed by atoms with van der Waals surface area (Å²) in [6.45, 7) is 2.16. The third-order valence-electron chi connectivity index (χ3n) is 13.6. The van der Waals surface area contributed by atoms with Crippen LogP contribution in [-0.2, 0) is 12.8 Å². The van der Waals surface area contributed by atoms with Crippen molar-refractivity contribution >= 4 is 50.9 Å². The molecule has 12 rings (SSSR count). The summed E-state index contributed by atoms with van der Waals surface area (Å²) in [5.74, 6) is 0. The van der Waals surface area contributed by atoms with Gasteiger partial charge in [-0.05, 0) is 160 Å². The van der Waals surface area contributed by atoms with Crippen LogP contribution in [0.3, 0.4) is 0 Å². The van der Waals surface area contributed by atoms with E-state index in [4.69, 9.17) is 0 Å². The van der Waals surface area contributed by atoms with Crippen LogP contribution < -0.4 is 4.90 Å². The number of nitrogens with zero attached hydrogens (tertiary/aromatic N) is 2. The van der Waals surface area contributed by atoms with E-state index >= 15 is 0 Å². The fourth-order valence-electron chi connectivity index (χ4n) is 10.3. The average Bonchev–Trinajstić information content (AvgIpc) is 3.72. The second-order valence-corrected chi connectivity index (χ2v) is 17.6. The van der Waals surface area contributed by atoms with Crippen LogP contribution in [-0.4, -0.2) is 4.57 Å². The van der Waals surface area contributed by atoms with Crippen molar-refractivity contribution in [3.63, 3.8) is 0 Å². The number of hydrogen-bond acceptors (Lipinski definition) is 1. The van der Waals surface area contributed by atoms with Gasteiger partial charge in [-0.15, -0.1) is 0 Å². The van der Waals surface area contributed by atoms with E-state index in [-0.39, 0.29) is 0 Å². The monoisotopic (exact) mass is 832 g/mol. The van der Waals surface area contributed by atoms with E-state index in [2.05, 4.69) is 241 Å². The minimum atomic E-state index is 1.03. The fraction of sp³-hybridized carbons (Fsp3) is 0.0794. The molecule has 10 aromatic rings. The third-order valence-corrected chi connectivity index (χ3v) is 13.6. The quantitative estimate of drug-likeness (QED) is 0.148. The lowest BCUT2D eigenvalue weighted by molar-refractivity contribution is 0.888. The smallest absolute Gasteiger partial charge is 0.0543 e. The first-order chi connectivity index (χ1) is 32.1.